The number of rotatable bonds is 5. The van der Waals surface area contributed by atoms with Crippen LogP contribution in [-0.2, 0) is 6.42 Å². The molecule has 1 aromatic heterocycles. The van der Waals surface area contributed by atoms with Crippen LogP contribution in [0.25, 0.3) is 0 Å². The lowest BCUT2D eigenvalue weighted by Gasteiger charge is -2.25. The number of carbonyl (C=O) groups is 1. The SMILES string of the molecule is CCN(CCO)C(=O)c1ccnc(N2c3ccccc3CC2C)c1. The average Bonchev–Trinajstić information content (AvgIpc) is 2.95. The monoisotopic (exact) mass is 325 g/mol. The lowest BCUT2D eigenvalue weighted by atomic mass is 10.1. The number of hydrogen-bond donors (Lipinski definition) is 1. The van der Waals surface area contributed by atoms with Gasteiger partial charge in [0.05, 0.1) is 6.61 Å². The van der Waals surface area contributed by atoms with E-state index in [1.54, 1.807) is 17.2 Å². The Labute approximate surface area is 142 Å². The van der Waals surface area contributed by atoms with E-state index >= 15 is 0 Å². The first-order chi connectivity index (χ1) is 11.7. The molecule has 1 atom stereocenters. The van der Waals surface area contributed by atoms with E-state index < -0.39 is 0 Å². The Morgan fingerprint density at radius 1 is 1.38 bits per heavy atom. The minimum Gasteiger partial charge on any atom is -0.395 e. The number of para-hydroxylation sites is 1. The maximum absolute atomic E-state index is 12.6. The summed E-state index contributed by atoms with van der Waals surface area (Å²) < 4.78 is 0. The molecule has 1 unspecified atom stereocenters. The van der Waals surface area contributed by atoms with Crippen molar-refractivity contribution in [3.05, 3.63) is 53.7 Å². The van der Waals surface area contributed by atoms with E-state index in [-0.39, 0.29) is 12.5 Å². The molecule has 0 fully saturated rings. The van der Waals surface area contributed by atoms with Gasteiger partial charge in [-0.15, -0.1) is 0 Å². The zero-order valence-electron chi connectivity index (χ0n) is 14.1. The number of pyridine rings is 1. The van der Waals surface area contributed by atoms with E-state index in [0.717, 1.165) is 17.9 Å². The van der Waals surface area contributed by atoms with Crippen molar-refractivity contribution >= 4 is 17.4 Å². The first kappa shape index (κ1) is 16.5. The maximum Gasteiger partial charge on any atom is 0.254 e. The van der Waals surface area contributed by atoms with E-state index in [1.165, 1.54) is 5.56 Å². The average molecular weight is 325 g/mol. The normalized spacial score (nSPS) is 16.1. The van der Waals surface area contributed by atoms with Gasteiger partial charge in [-0.25, -0.2) is 4.98 Å². The summed E-state index contributed by atoms with van der Waals surface area (Å²) in [6.45, 7) is 4.96. The lowest BCUT2D eigenvalue weighted by Crippen LogP contribution is -2.33. The molecule has 1 amide bonds. The number of nitrogens with zero attached hydrogens (tertiary/aromatic N) is 3. The van der Waals surface area contributed by atoms with Gasteiger partial charge in [0, 0.05) is 36.6 Å². The molecule has 1 N–H and O–H groups in total. The van der Waals surface area contributed by atoms with Gasteiger partial charge in [-0.05, 0) is 44.0 Å². The van der Waals surface area contributed by atoms with E-state index in [4.69, 9.17) is 5.11 Å². The highest BCUT2D eigenvalue weighted by Crippen LogP contribution is 2.37. The van der Waals surface area contributed by atoms with Crippen LogP contribution in [0.3, 0.4) is 0 Å². The van der Waals surface area contributed by atoms with Gasteiger partial charge in [0.15, 0.2) is 0 Å². The first-order valence-corrected chi connectivity index (χ1v) is 8.39. The minimum absolute atomic E-state index is 0.0337. The molecule has 1 aliphatic heterocycles. The number of fused-ring (bicyclic) bond motifs is 1. The highest BCUT2D eigenvalue weighted by Gasteiger charge is 2.28. The summed E-state index contributed by atoms with van der Waals surface area (Å²) in [5, 5.41) is 9.12. The number of aromatic nitrogens is 1. The Hall–Kier alpha value is -2.40. The number of aliphatic hydroxyl groups is 1. The van der Waals surface area contributed by atoms with Crippen molar-refractivity contribution in [3.63, 3.8) is 0 Å². The van der Waals surface area contributed by atoms with Crippen molar-refractivity contribution < 1.29 is 9.90 Å². The fourth-order valence-electron chi connectivity index (χ4n) is 3.30. The van der Waals surface area contributed by atoms with Crippen molar-refractivity contribution in [1.29, 1.82) is 0 Å². The highest BCUT2D eigenvalue weighted by molar-refractivity contribution is 5.95. The summed E-state index contributed by atoms with van der Waals surface area (Å²) >= 11 is 0. The fourth-order valence-corrected chi connectivity index (χ4v) is 3.30. The van der Waals surface area contributed by atoms with Crippen molar-refractivity contribution in [2.45, 2.75) is 26.3 Å². The van der Waals surface area contributed by atoms with Gasteiger partial charge in [-0.1, -0.05) is 18.2 Å². The van der Waals surface area contributed by atoms with Gasteiger partial charge in [-0.2, -0.15) is 0 Å². The van der Waals surface area contributed by atoms with Crippen molar-refractivity contribution in [1.82, 2.24) is 9.88 Å². The maximum atomic E-state index is 12.6. The second kappa shape index (κ2) is 7.01. The Kier molecular flexibility index (Phi) is 4.81. The first-order valence-electron chi connectivity index (χ1n) is 8.39. The molecule has 2 aromatic rings. The summed E-state index contributed by atoms with van der Waals surface area (Å²) in [4.78, 5) is 20.9. The van der Waals surface area contributed by atoms with E-state index in [1.807, 2.05) is 19.1 Å². The molecule has 0 radical (unpaired) electrons. The van der Waals surface area contributed by atoms with Crippen LogP contribution in [0.15, 0.2) is 42.6 Å². The third-order valence-electron chi connectivity index (χ3n) is 4.49. The standard InChI is InChI=1S/C19H23N3O2/c1-3-21(10-11-23)19(24)16-8-9-20-18(13-16)22-14(2)12-15-6-4-5-7-17(15)22/h4-9,13-14,23H,3,10-12H2,1-2H3. The molecular weight excluding hydrogens is 302 g/mol. The molecule has 5 heteroatoms. The number of anilines is 2. The van der Waals surface area contributed by atoms with Crippen LogP contribution in [0.1, 0.15) is 29.8 Å². The number of benzene rings is 1. The molecule has 0 spiro atoms. The van der Waals surface area contributed by atoms with Crippen molar-refractivity contribution in [3.8, 4) is 0 Å². The van der Waals surface area contributed by atoms with Crippen LogP contribution < -0.4 is 4.90 Å². The molecule has 24 heavy (non-hydrogen) atoms. The van der Waals surface area contributed by atoms with Crippen molar-refractivity contribution in [2.75, 3.05) is 24.6 Å². The number of hydrogen-bond acceptors (Lipinski definition) is 4. The summed E-state index contributed by atoms with van der Waals surface area (Å²) in [5.74, 6) is 0.716. The second-order valence-corrected chi connectivity index (χ2v) is 6.06. The molecule has 1 aromatic carbocycles. The molecule has 1 aliphatic rings. The third-order valence-corrected chi connectivity index (χ3v) is 4.49. The van der Waals surface area contributed by atoms with E-state index in [0.29, 0.717) is 24.7 Å². The summed E-state index contributed by atoms with van der Waals surface area (Å²) in [7, 11) is 0. The summed E-state index contributed by atoms with van der Waals surface area (Å²) in [6.07, 6.45) is 2.66. The predicted octanol–water partition coefficient (Wildman–Crippen LogP) is 2.62. The molecule has 126 valence electrons. The van der Waals surface area contributed by atoms with E-state index in [9.17, 15) is 4.79 Å². The molecule has 5 nitrogen and oxygen atoms in total. The molecule has 0 bridgehead atoms. The highest BCUT2D eigenvalue weighted by atomic mass is 16.3. The number of carbonyl (C=O) groups excluding carboxylic acids is 1. The Morgan fingerprint density at radius 3 is 2.92 bits per heavy atom. The number of amides is 1. The smallest absolute Gasteiger partial charge is 0.254 e. The van der Waals surface area contributed by atoms with Crippen LogP contribution in [0.5, 0.6) is 0 Å². The van der Waals surface area contributed by atoms with E-state index in [2.05, 4.69) is 35.0 Å². The topological polar surface area (TPSA) is 56.7 Å². The Bertz CT molecular complexity index is 732. The lowest BCUT2D eigenvalue weighted by molar-refractivity contribution is 0.0732. The van der Waals surface area contributed by atoms with Crippen LogP contribution in [0, 0.1) is 0 Å². The zero-order valence-corrected chi connectivity index (χ0v) is 14.1. The van der Waals surface area contributed by atoms with Crippen LogP contribution in [0.4, 0.5) is 11.5 Å². The molecular formula is C19H23N3O2. The second-order valence-electron chi connectivity index (χ2n) is 6.06. The van der Waals surface area contributed by atoms with Crippen LogP contribution in [0.2, 0.25) is 0 Å². The minimum atomic E-state index is -0.0738. The number of aliphatic hydroxyl groups excluding tert-OH is 1. The molecule has 2 heterocycles. The Morgan fingerprint density at radius 2 is 2.17 bits per heavy atom. The molecule has 0 saturated carbocycles. The number of likely N-dealkylation sites (N-methyl/N-ethyl adjacent to an activating group) is 1. The van der Waals surface area contributed by atoms with Gasteiger partial charge < -0.3 is 14.9 Å². The van der Waals surface area contributed by atoms with Crippen LogP contribution >= 0.6 is 0 Å². The van der Waals surface area contributed by atoms with Gasteiger partial charge in [0.25, 0.3) is 5.91 Å². The fraction of sp³-hybridized carbons (Fsp3) is 0.368. The van der Waals surface area contributed by atoms with Crippen LogP contribution in [-0.4, -0.2) is 46.6 Å². The summed E-state index contributed by atoms with van der Waals surface area (Å²) in [5.41, 5.74) is 3.07. The largest absolute Gasteiger partial charge is 0.395 e. The van der Waals surface area contributed by atoms with Crippen molar-refractivity contribution in [2.24, 2.45) is 0 Å². The van der Waals surface area contributed by atoms with Gasteiger partial charge in [0.1, 0.15) is 5.82 Å². The quantitative estimate of drug-likeness (QED) is 0.918. The molecule has 0 saturated heterocycles. The third kappa shape index (κ3) is 2.99. The van der Waals surface area contributed by atoms with Gasteiger partial charge in [0.2, 0.25) is 0 Å². The molecule has 0 aliphatic carbocycles. The Balaban J connectivity index is 1.93. The summed E-state index contributed by atoms with van der Waals surface area (Å²) in [6, 6.07) is 12.2. The molecule has 3 rings (SSSR count). The van der Waals surface area contributed by atoms with Gasteiger partial charge >= 0.3 is 0 Å². The predicted molar refractivity (Wildman–Crippen MR) is 94.6 cm³/mol. The zero-order chi connectivity index (χ0) is 17.1. The van der Waals surface area contributed by atoms with Gasteiger partial charge in [-0.3, -0.25) is 4.79 Å².